The number of aryl methyl sites for hydroxylation is 1. The molecule has 1 fully saturated rings. The smallest absolute Gasteiger partial charge is 0.122 e. The quantitative estimate of drug-likeness (QED) is 0.821. The molecule has 0 aromatic heterocycles. The van der Waals surface area contributed by atoms with Crippen LogP contribution < -0.4 is 4.74 Å². The lowest BCUT2D eigenvalue weighted by atomic mass is 10.1. The first-order chi connectivity index (χ1) is 7.25. The summed E-state index contributed by atoms with van der Waals surface area (Å²) in [5.74, 6) is 0.991. The standard InChI is InChI=1S/C12H15BrO2/c1-9-8-10(13)2-3-12(9)15-11-4-6-14-7-5-11/h2-3,8,11H,4-7H2,1H3. The number of hydrogen-bond acceptors (Lipinski definition) is 2. The number of benzene rings is 1. The maximum Gasteiger partial charge on any atom is 0.122 e. The molecule has 1 aromatic rings. The molecule has 0 unspecified atom stereocenters. The summed E-state index contributed by atoms with van der Waals surface area (Å²) < 4.78 is 12.3. The first-order valence-corrected chi connectivity index (χ1v) is 6.05. The Morgan fingerprint density at radius 1 is 1.33 bits per heavy atom. The van der Waals surface area contributed by atoms with Crippen molar-refractivity contribution in [1.29, 1.82) is 0 Å². The maximum absolute atomic E-state index is 5.94. The van der Waals surface area contributed by atoms with Gasteiger partial charge in [0.2, 0.25) is 0 Å². The molecule has 1 heterocycles. The highest BCUT2D eigenvalue weighted by Crippen LogP contribution is 2.25. The Kier molecular flexibility index (Phi) is 3.65. The van der Waals surface area contributed by atoms with Gasteiger partial charge in [-0.05, 0) is 30.7 Å². The molecular formula is C12H15BrO2. The molecule has 3 heteroatoms. The van der Waals surface area contributed by atoms with Gasteiger partial charge in [0.1, 0.15) is 11.9 Å². The van der Waals surface area contributed by atoms with Crippen molar-refractivity contribution in [2.45, 2.75) is 25.9 Å². The third-order valence-corrected chi connectivity index (χ3v) is 3.09. The molecule has 15 heavy (non-hydrogen) atoms. The van der Waals surface area contributed by atoms with E-state index in [1.165, 1.54) is 5.56 Å². The van der Waals surface area contributed by atoms with Gasteiger partial charge in [-0.25, -0.2) is 0 Å². The van der Waals surface area contributed by atoms with Crippen LogP contribution in [0.15, 0.2) is 22.7 Å². The molecular weight excluding hydrogens is 256 g/mol. The van der Waals surface area contributed by atoms with E-state index in [0.29, 0.717) is 6.10 Å². The van der Waals surface area contributed by atoms with Gasteiger partial charge in [-0.15, -0.1) is 0 Å². The molecule has 0 amide bonds. The lowest BCUT2D eigenvalue weighted by Gasteiger charge is -2.24. The molecule has 82 valence electrons. The number of rotatable bonds is 2. The largest absolute Gasteiger partial charge is 0.490 e. The van der Waals surface area contributed by atoms with E-state index in [1.54, 1.807) is 0 Å². The van der Waals surface area contributed by atoms with E-state index in [1.807, 2.05) is 12.1 Å². The highest BCUT2D eigenvalue weighted by molar-refractivity contribution is 9.10. The molecule has 0 bridgehead atoms. The SMILES string of the molecule is Cc1cc(Br)ccc1OC1CCOCC1. The molecule has 2 rings (SSSR count). The first-order valence-electron chi connectivity index (χ1n) is 5.26. The zero-order valence-electron chi connectivity index (χ0n) is 8.83. The van der Waals surface area contributed by atoms with Gasteiger partial charge in [-0.3, -0.25) is 0 Å². The molecule has 2 nitrogen and oxygen atoms in total. The van der Waals surface area contributed by atoms with Gasteiger partial charge < -0.3 is 9.47 Å². The average molecular weight is 271 g/mol. The highest BCUT2D eigenvalue weighted by Gasteiger charge is 2.15. The summed E-state index contributed by atoms with van der Waals surface area (Å²) in [6, 6.07) is 6.12. The Morgan fingerprint density at radius 3 is 2.73 bits per heavy atom. The predicted octanol–water partition coefficient (Wildman–Crippen LogP) is 3.32. The van der Waals surface area contributed by atoms with Gasteiger partial charge in [0.05, 0.1) is 13.2 Å². The monoisotopic (exact) mass is 270 g/mol. The molecule has 1 aromatic carbocycles. The molecule has 0 radical (unpaired) electrons. The van der Waals surface area contributed by atoms with Crippen LogP contribution in [0.25, 0.3) is 0 Å². The number of hydrogen-bond donors (Lipinski definition) is 0. The van der Waals surface area contributed by atoms with Crippen LogP contribution in [0.2, 0.25) is 0 Å². The van der Waals surface area contributed by atoms with Crippen LogP contribution in [0.5, 0.6) is 5.75 Å². The molecule has 1 saturated heterocycles. The fourth-order valence-electron chi connectivity index (χ4n) is 1.72. The fraction of sp³-hybridized carbons (Fsp3) is 0.500. The Morgan fingerprint density at radius 2 is 2.07 bits per heavy atom. The topological polar surface area (TPSA) is 18.5 Å². The van der Waals surface area contributed by atoms with Crippen LogP contribution in [0, 0.1) is 6.92 Å². The Labute approximate surface area is 98.7 Å². The summed E-state index contributed by atoms with van der Waals surface area (Å²) in [6.45, 7) is 3.71. The number of halogens is 1. The maximum atomic E-state index is 5.94. The van der Waals surface area contributed by atoms with Crippen molar-refractivity contribution in [3.05, 3.63) is 28.2 Å². The van der Waals surface area contributed by atoms with Crippen molar-refractivity contribution in [2.75, 3.05) is 13.2 Å². The van der Waals surface area contributed by atoms with Crippen LogP contribution in [0.4, 0.5) is 0 Å². The van der Waals surface area contributed by atoms with Gasteiger partial charge in [-0.1, -0.05) is 15.9 Å². The third-order valence-electron chi connectivity index (χ3n) is 2.60. The van der Waals surface area contributed by atoms with E-state index < -0.39 is 0 Å². The second kappa shape index (κ2) is 4.99. The zero-order valence-corrected chi connectivity index (χ0v) is 10.4. The summed E-state index contributed by atoms with van der Waals surface area (Å²) in [5.41, 5.74) is 1.18. The van der Waals surface area contributed by atoms with Crippen molar-refractivity contribution in [1.82, 2.24) is 0 Å². The average Bonchev–Trinajstić information content (AvgIpc) is 2.24. The lowest BCUT2D eigenvalue weighted by molar-refractivity contribution is 0.0253. The Balaban J connectivity index is 2.03. The third kappa shape index (κ3) is 2.95. The normalized spacial score (nSPS) is 17.7. The second-order valence-electron chi connectivity index (χ2n) is 3.84. The predicted molar refractivity (Wildman–Crippen MR) is 63.3 cm³/mol. The Bertz CT molecular complexity index is 332. The van der Waals surface area contributed by atoms with Crippen LogP contribution in [0.1, 0.15) is 18.4 Å². The van der Waals surface area contributed by atoms with Crippen molar-refractivity contribution < 1.29 is 9.47 Å². The summed E-state index contributed by atoms with van der Waals surface area (Å²) >= 11 is 3.45. The van der Waals surface area contributed by atoms with Crippen LogP contribution in [-0.4, -0.2) is 19.3 Å². The molecule has 0 saturated carbocycles. The van der Waals surface area contributed by atoms with E-state index in [0.717, 1.165) is 36.3 Å². The summed E-state index contributed by atoms with van der Waals surface area (Å²) in [4.78, 5) is 0. The molecule has 0 spiro atoms. The second-order valence-corrected chi connectivity index (χ2v) is 4.76. The van der Waals surface area contributed by atoms with Crippen molar-refractivity contribution in [3.8, 4) is 5.75 Å². The lowest BCUT2D eigenvalue weighted by Crippen LogP contribution is -2.26. The van der Waals surface area contributed by atoms with E-state index in [9.17, 15) is 0 Å². The van der Waals surface area contributed by atoms with Gasteiger partial charge in [-0.2, -0.15) is 0 Å². The highest BCUT2D eigenvalue weighted by atomic mass is 79.9. The molecule has 0 N–H and O–H groups in total. The van der Waals surface area contributed by atoms with Crippen LogP contribution >= 0.6 is 15.9 Å². The fourth-order valence-corrected chi connectivity index (χ4v) is 2.19. The van der Waals surface area contributed by atoms with Gasteiger partial charge in [0, 0.05) is 17.3 Å². The minimum atomic E-state index is 0.318. The van der Waals surface area contributed by atoms with Gasteiger partial charge in [0.25, 0.3) is 0 Å². The van der Waals surface area contributed by atoms with Crippen molar-refractivity contribution in [3.63, 3.8) is 0 Å². The summed E-state index contributed by atoms with van der Waals surface area (Å²) in [6.07, 6.45) is 2.31. The van der Waals surface area contributed by atoms with E-state index in [2.05, 4.69) is 28.9 Å². The molecule has 1 aliphatic rings. The van der Waals surface area contributed by atoms with E-state index >= 15 is 0 Å². The van der Waals surface area contributed by atoms with Crippen LogP contribution in [0.3, 0.4) is 0 Å². The van der Waals surface area contributed by atoms with Gasteiger partial charge >= 0.3 is 0 Å². The summed E-state index contributed by atoms with van der Waals surface area (Å²) in [7, 11) is 0. The van der Waals surface area contributed by atoms with Crippen molar-refractivity contribution >= 4 is 15.9 Å². The van der Waals surface area contributed by atoms with E-state index in [4.69, 9.17) is 9.47 Å². The number of ether oxygens (including phenoxy) is 2. The minimum absolute atomic E-state index is 0.318. The minimum Gasteiger partial charge on any atom is -0.490 e. The first kappa shape index (κ1) is 11.0. The molecule has 1 aliphatic heterocycles. The van der Waals surface area contributed by atoms with Crippen LogP contribution in [-0.2, 0) is 4.74 Å². The van der Waals surface area contributed by atoms with Crippen molar-refractivity contribution in [2.24, 2.45) is 0 Å². The van der Waals surface area contributed by atoms with E-state index in [-0.39, 0.29) is 0 Å². The summed E-state index contributed by atoms with van der Waals surface area (Å²) in [5, 5.41) is 0. The zero-order chi connectivity index (χ0) is 10.7. The molecule has 0 aliphatic carbocycles. The molecule has 0 atom stereocenters. The van der Waals surface area contributed by atoms with Gasteiger partial charge in [0.15, 0.2) is 0 Å². The Hall–Kier alpha value is -0.540.